The molecule has 0 spiro atoms. The van der Waals surface area contributed by atoms with Crippen molar-refractivity contribution in [2.75, 3.05) is 6.61 Å². The summed E-state index contributed by atoms with van der Waals surface area (Å²) in [7, 11) is 0. The van der Waals surface area contributed by atoms with E-state index in [4.69, 9.17) is 4.74 Å². The predicted octanol–water partition coefficient (Wildman–Crippen LogP) is 2.67. The van der Waals surface area contributed by atoms with Crippen molar-refractivity contribution in [3.63, 3.8) is 0 Å². The lowest BCUT2D eigenvalue weighted by molar-refractivity contribution is -0.143. The average molecular weight is 282 g/mol. The van der Waals surface area contributed by atoms with Gasteiger partial charge < -0.3 is 9.64 Å². The van der Waals surface area contributed by atoms with Crippen molar-refractivity contribution in [1.29, 1.82) is 0 Å². The highest BCUT2D eigenvalue weighted by molar-refractivity contribution is 5.84. The van der Waals surface area contributed by atoms with Gasteiger partial charge in [0.15, 0.2) is 0 Å². The van der Waals surface area contributed by atoms with Crippen molar-refractivity contribution in [2.24, 2.45) is 0 Å². The number of hydrogen-bond donors (Lipinski definition) is 1. The third kappa shape index (κ3) is 2.86. The zero-order chi connectivity index (χ0) is 14.8. The molecule has 1 N–H and O–H groups in total. The molecule has 116 valence electrons. The van der Waals surface area contributed by atoms with E-state index in [0.717, 1.165) is 45.1 Å². The highest BCUT2D eigenvalue weighted by Gasteiger charge is 2.44. The van der Waals surface area contributed by atoms with Crippen molar-refractivity contribution in [3.05, 3.63) is 0 Å². The van der Waals surface area contributed by atoms with E-state index in [1.165, 1.54) is 0 Å². The van der Waals surface area contributed by atoms with Crippen LogP contribution in [0.1, 0.15) is 66.2 Å². The van der Waals surface area contributed by atoms with Crippen LogP contribution in [-0.4, -0.2) is 41.3 Å². The monoisotopic (exact) mass is 282 g/mol. The molecule has 3 unspecified atom stereocenters. The lowest BCUT2D eigenvalue weighted by atomic mass is 9.85. The molecule has 0 aromatic carbocycles. The number of hydrogen-bond acceptors (Lipinski definition) is 3. The van der Waals surface area contributed by atoms with Crippen LogP contribution >= 0.6 is 0 Å². The van der Waals surface area contributed by atoms with Crippen LogP contribution in [0.2, 0.25) is 0 Å². The van der Waals surface area contributed by atoms with Crippen LogP contribution in [0.4, 0.5) is 0 Å². The molecule has 2 heterocycles. The van der Waals surface area contributed by atoms with Crippen molar-refractivity contribution < 1.29 is 9.53 Å². The van der Waals surface area contributed by atoms with Gasteiger partial charge in [-0.3, -0.25) is 10.1 Å². The van der Waals surface area contributed by atoms with Crippen molar-refractivity contribution in [2.45, 2.75) is 90.1 Å². The first-order valence-corrected chi connectivity index (χ1v) is 8.29. The number of nitrogens with one attached hydrogen (secondary N) is 1. The molecule has 0 aromatic heterocycles. The fraction of sp³-hybridized carbons (Fsp3) is 0.938. The Labute approximate surface area is 123 Å². The SMILES string of the molecule is CCCC1NC(C)C(=O)N1C1CCOC(CC)(CC)C1. The maximum atomic E-state index is 12.5. The summed E-state index contributed by atoms with van der Waals surface area (Å²) >= 11 is 0. The largest absolute Gasteiger partial charge is 0.375 e. The van der Waals surface area contributed by atoms with Crippen LogP contribution in [0.15, 0.2) is 0 Å². The highest BCUT2D eigenvalue weighted by Crippen LogP contribution is 2.35. The number of carbonyl (C=O) groups is 1. The highest BCUT2D eigenvalue weighted by atomic mass is 16.5. The normalized spacial score (nSPS) is 33.7. The zero-order valence-corrected chi connectivity index (χ0v) is 13.4. The van der Waals surface area contributed by atoms with E-state index in [1.54, 1.807) is 0 Å². The molecule has 1 amide bonds. The Morgan fingerprint density at radius 2 is 2.05 bits per heavy atom. The first-order valence-electron chi connectivity index (χ1n) is 8.29. The summed E-state index contributed by atoms with van der Waals surface area (Å²) in [6, 6.07) is 0.303. The third-order valence-electron chi connectivity index (χ3n) is 5.11. The van der Waals surface area contributed by atoms with Gasteiger partial charge in [-0.2, -0.15) is 0 Å². The molecule has 2 aliphatic rings. The minimum Gasteiger partial charge on any atom is -0.375 e. The Bertz CT molecular complexity index is 341. The van der Waals surface area contributed by atoms with Gasteiger partial charge in [0.1, 0.15) is 0 Å². The van der Waals surface area contributed by atoms with Gasteiger partial charge in [0.2, 0.25) is 5.91 Å². The first-order chi connectivity index (χ1) is 9.56. The summed E-state index contributed by atoms with van der Waals surface area (Å²) in [5, 5.41) is 3.45. The minimum absolute atomic E-state index is 0.0220. The first kappa shape index (κ1) is 15.8. The van der Waals surface area contributed by atoms with Crippen LogP contribution in [0.25, 0.3) is 0 Å². The molecule has 0 aliphatic carbocycles. The van der Waals surface area contributed by atoms with E-state index < -0.39 is 0 Å². The number of amides is 1. The molecule has 2 aliphatic heterocycles. The smallest absolute Gasteiger partial charge is 0.240 e. The van der Waals surface area contributed by atoms with Gasteiger partial charge in [-0.25, -0.2) is 0 Å². The maximum Gasteiger partial charge on any atom is 0.240 e. The Hall–Kier alpha value is -0.610. The second-order valence-corrected chi connectivity index (χ2v) is 6.32. The van der Waals surface area contributed by atoms with Gasteiger partial charge in [0.25, 0.3) is 0 Å². The summed E-state index contributed by atoms with van der Waals surface area (Å²) in [6.07, 6.45) is 6.38. The van der Waals surface area contributed by atoms with E-state index in [9.17, 15) is 4.79 Å². The van der Waals surface area contributed by atoms with Crippen molar-refractivity contribution >= 4 is 5.91 Å². The van der Waals surface area contributed by atoms with Gasteiger partial charge in [-0.05, 0) is 39.0 Å². The summed E-state index contributed by atoms with van der Waals surface area (Å²) in [5.74, 6) is 0.274. The van der Waals surface area contributed by atoms with E-state index in [-0.39, 0.29) is 23.7 Å². The van der Waals surface area contributed by atoms with Gasteiger partial charge >= 0.3 is 0 Å². The molecule has 0 aromatic rings. The van der Waals surface area contributed by atoms with Crippen LogP contribution < -0.4 is 5.32 Å². The molecule has 4 nitrogen and oxygen atoms in total. The summed E-state index contributed by atoms with van der Waals surface area (Å²) < 4.78 is 6.05. The molecule has 2 saturated heterocycles. The predicted molar refractivity (Wildman–Crippen MR) is 80.4 cm³/mol. The maximum absolute atomic E-state index is 12.5. The molecule has 4 heteroatoms. The molecule has 3 atom stereocenters. The van der Waals surface area contributed by atoms with Gasteiger partial charge in [0, 0.05) is 12.6 Å². The Morgan fingerprint density at radius 3 is 2.65 bits per heavy atom. The standard InChI is InChI=1S/C16H30N2O2/c1-5-8-14-17-12(4)15(19)18(14)13-9-10-20-16(6-2,7-3)11-13/h12-14,17H,5-11H2,1-4H3. The second kappa shape index (κ2) is 6.44. The molecule has 20 heavy (non-hydrogen) atoms. The number of rotatable bonds is 5. The van der Waals surface area contributed by atoms with Gasteiger partial charge in [-0.15, -0.1) is 0 Å². The lowest BCUT2D eigenvalue weighted by Crippen LogP contribution is -2.52. The fourth-order valence-corrected chi connectivity index (χ4v) is 3.73. The summed E-state index contributed by atoms with van der Waals surface area (Å²) in [5.41, 5.74) is -0.0220. The molecule has 2 fully saturated rings. The van der Waals surface area contributed by atoms with Crippen LogP contribution in [0.3, 0.4) is 0 Å². The second-order valence-electron chi connectivity index (χ2n) is 6.32. The van der Waals surface area contributed by atoms with E-state index in [1.807, 2.05) is 6.92 Å². The Morgan fingerprint density at radius 1 is 1.35 bits per heavy atom. The van der Waals surface area contributed by atoms with Crippen molar-refractivity contribution in [1.82, 2.24) is 10.2 Å². The van der Waals surface area contributed by atoms with Crippen LogP contribution in [0.5, 0.6) is 0 Å². The molecular weight excluding hydrogens is 252 g/mol. The fourth-order valence-electron chi connectivity index (χ4n) is 3.73. The minimum atomic E-state index is -0.0351. The van der Waals surface area contributed by atoms with Crippen LogP contribution in [0, 0.1) is 0 Å². The topological polar surface area (TPSA) is 41.6 Å². The molecule has 2 rings (SSSR count). The number of carbonyl (C=O) groups excluding carboxylic acids is 1. The summed E-state index contributed by atoms with van der Waals surface area (Å²) in [4.78, 5) is 14.6. The van der Waals surface area contributed by atoms with Crippen molar-refractivity contribution in [3.8, 4) is 0 Å². The van der Waals surface area contributed by atoms with Crippen LogP contribution in [-0.2, 0) is 9.53 Å². The number of nitrogens with zero attached hydrogens (tertiary/aromatic N) is 1. The molecule has 0 bridgehead atoms. The zero-order valence-electron chi connectivity index (χ0n) is 13.4. The molecular formula is C16H30N2O2. The average Bonchev–Trinajstić information content (AvgIpc) is 2.74. The number of ether oxygens (including phenoxy) is 1. The summed E-state index contributed by atoms with van der Waals surface area (Å²) in [6.45, 7) is 9.34. The van der Waals surface area contributed by atoms with E-state index in [2.05, 4.69) is 31.0 Å². The Kier molecular flexibility index (Phi) is 5.08. The molecule has 0 saturated carbocycles. The Balaban J connectivity index is 2.13. The molecule has 0 radical (unpaired) electrons. The van der Waals surface area contributed by atoms with Gasteiger partial charge in [0.05, 0.1) is 17.8 Å². The van der Waals surface area contributed by atoms with Gasteiger partial charge in [-0.1, -0.05) is 27.2 Å². The quantitative estimate of drug-likeness (QED) is 0.843. The van der Waals surface area contributed by atoms with E-state index in [0.29, 0.717) is 6.04 Å². The van der Waals surface area contributed by atoms with E-state index >= 15 is 0 Å². The third-order valence-corrected chi connectivity index (χ3v) is 5.11. The lowest BCUT2D eigenvalue weighted by Gasteiger charge is -2.44.